The van der Waals surface area contributed by atoms with Crippen LogP contribution in [0, 0.1) is 0 Å². The van der Waals surface area contributed by atoms with E-state index < -0.39 is 12.6 Å². The molecule has 0 spiro atoms. The Kier molecular flexibility index (Phi) is 4.23. The van der Waals surface area contributed by atoms with E-state index in [4.69, 9.17) is 0 Å². The van der Waals surface area contributed by atoms with E-state index >= 15 is 0 Å². The van der Waals surface area contributed by atoms with Crippen molar-refractivity contribution in [3.05, 3.63) is 34.9 Å². The molecule has 3 heteroatoms. The average molecular weight is 244 g/mol. The molecule has 0 aliphatic carbocycles. The summed E-state index contributed by atoms with van der Waals surface area (Å²) in [6, 6.07) is 5.34. The molecule has 0 fully saturated rings. The number of rotatable bonds is 3. The van der Waals surface area contributed by atoms with Crippen LogP contribution in [0.25, 0.3) is 0 Å². The van der Waals surface area contributed by atoms with Crippen molar-refractivity contribution in [2.24, 2.45) is 0 Å². The smallest absolute Gasteiger partial charge is 0.171 e. The summed E-state index contributed by atoms with van der Waals surface area (Å²) in [6.07, 6.45) is -4.97. The molecule has 0 heterocycles. The molecule has 17 heavy (non-hydrogen) atoms. The fraction of sp³-hybridized carbons (Fsp3) is 0.571. The molecule has 0 N–H and O–H groups in total. The zero-order valence-corrected chi connectivity index (χ0v) is 10.7. The third-order valence-corrected chi connectivity index (χ3v) is 2.85. The first kappa shape index (κ1) is 14.1. The van der Waals surface area contributed by atoms with Crippen LogP contribution in [0.3, 0.4) is 0 Å². The van der Waals surface area contributed by atoms with Gasteiger partial charge in [0.15, 0.2) is 0 Å². The number of halogens is 3. The summed E-state index contributed by atoms with van der Waals surface area (Å²) in [5.41, 5.74) is 2.31. The Morgan fingerprint density at radius 1 is 1.00 bits per heavy atom. The van der Waals surface area contributed by atoms with Gasteiger partial charge in [-0.1, -0.05) is 45.9 Å². The maximum absolute atomic E-state index is 12.4. The van der Waals surface area contributed by atoms with Crippen molar-refractivity contribution < 1.29 is 13.2 Å². The first-order chi connectivity index (χ1) is 7.70. The predicted molar refractivity (Wildman–Crippen MR) is 64.4 cm³/mol. The Morgan fingerprint density at radius 2 is 1.59 bits per heavy atom. The first-order valence-corrected chi connectivity index (χ1v) is 5.90. The van der Waals surface area contributed by atoms with E-state index in [1.54, 1.807) is 12.1 Å². The van der Waals surface area contributed by atoms with Crippen LogP contribution in [-0.2, 0) is 6.42 Å². The van der Waals surface area contributed by atoms with Gasteiger partial charge in [0, 0.05) is 0 Å². The molecule has 96 valence electrons. The van der Waals surface area contributed by atoms with Gasteiger partial charge in [-0.2, -0.15) is 13.2 Å². The Morgan fingerprint density at radius 3 is 2.00 bits per heavy atom. The van der Waals surface area contributed by atoms with E-state index in [1.165, 1.54) is 0 Å². The van der Waals surface area contributed by atoms with Crippen molar-refractivity contribution in [3.8, 4) is 0 Å². The Labute approximate surface area is 101 Å². The van der Waals surface area contributed by atoms with E-state index in [0.717, 1.165) is 11.1 Å². The van der Waals surface area contributed by atoms with E-state index in [9.17, 15) is 13.2 Å². The fourth-order valence-corrected chi connectivity index (χ4v) is 1.89. The minimum Gasteiger partial charge on any atom is -0.171 e. The van der Waals surface area contributed by atoms with Crippen molar-refractivity contribution in [2.75, 3.05) is 0 Å². The minimum absolute atomic E-state index is 0.117. The summed E-state index contributed by atoms with van der Waals surface area (Å²) in [6.45, 7) is 7.95. The quantitative estimate of drug-likeness (QED) is 0.699. The van der Waals surface area contributed by atoms with Crippen LogP contribution < -0.4 is 0 Å². The predicted octanol–water partition coefficient (Wildman–Crippen LogP) is 5.04. The zero-order valence-electron chi connectivity index (χ0n) is 10.7. The second-order valence-corrected chi connectivity index (χ2v) is 5.06. The van der Waals surface area contributed by atoms with Gasteiger partial charge in [-0.05, 0) is 28.5 Å². The molecule has 0 amide bonds. The van der Waals surface area contributed by atoms with Crippen LogP contribution in [0.2, 0.25) is 0 Å². The van der Waals surface area contributed by atoms with Crippen LogP contribution in [0.5, 0.6) is 0 Å². The molecule has 0 nitrogen and oxygen atoms in total. The molecule has 0 atom stereocenters. The largest absolute Gasteiger partial charge is 0.393 e. The highest BCUT2D eigenvalue weighted by molar-refractivity contribution is 5.36. The molecular weight excluding hydrogens is 225 g/mol. The third kappa shape index (κ3) is 4.06. The summed E-state index contributed by atoms with van der Waals surface area (Å²) in [7, 11) is 0. The van der Waals surface area contributed by atoms with Crippen molar-refractivity contribution in [2.45, 2.75) is 52.1 Å². The van der Waals surface area contributed by atoms with Gasteiger partial charge in [0.1, 0.15) is 0 Å². The summed E-state index contributed by atoms with van der Waals surface area (Å²) < 4.78 is 37.3. The van der Waals surface area contributed by atoms with Gasteiger partial charge in [0.05, 0.1) is 6.42 Å². The first-order valence-electron chi connectivity index (χ1n) is 5.90. The molecule has 0 bridgehead atoms. The topological polar surface area (TPSA) is 0 Å². The van der Waals surface area contributed by atoms with Crippen LogP contribution >= 0.6 is 0 Å². The summed E-state index contributed by atoms with van der Waals surface area (Å²) in [5, 5.41) is 0. The van der Waals surface area contributed by atoms with Crippen molar-refractivity contribution in [3.63, 3.8) is 0 Å². The molecule has 0 aliphatic heterocycles. The molecule has 0 saturated heterocycles. The monoisotopic (exact) mass is 244 g/mol. The number of benzene rings is 1. The number of alkyl halides is 3. The third-order valence-electron chi connectivity index (χ3n) is 2.85. The molecule has 0 radical (unpaired) electrons. The Bertz CT molecular complexity index is 376. The molecule has 1 rings (SSSR count). The van der Waals surface area contributed by atoms with Gasteiger partial charge in [0.25, 0.3) is 0 Å². The standard InChI is InChI=1S/C14H19F3/c1-9(2)11-5-6-12(8-14(15,16)17)13(7-11)10(3)4/h5-7,9-10H,8H2,1-4H3. The van der Waals surface area contributed by atoms with Gasteiger partial charge in [-0.3, -0.25) is 0 Å². The highest BCUT2D eigenvalue weighted by Crippen LogP contribution is 2.29. The van der Waals surface area contributed by atoms with Crippen LogP contribution in [0.1, 0.15) is 56.2 Å². The molecule has 0 aliphatic rings. The van der Waals surface area contributed by atoms with E-state index in [1.807, 2.05) is 33.8 Å². The highest BCUT2D eigenvalue weighted by atomic mass is 19.4. The molecular formula is C14H19F3. The van der Waals surface area contributed by atoms with E-state index in [0.29, 0.717) is 11.5 Å². The highest BCUT2D eigenvalue weighted by Gasteiger charge is 2.29. The molecule has 0 saturated carbocycles. The molecule has 1 aromatic carbocycles. The van der Waals surface area contributed by atoms with Crippen LogP contribution in [0.4, 0.5) is 13.2 Å². The van der Waals surface area contributed by atoms with Crippen molar-refractivity contribution in [1.82, 2.24) is 0 Å². The summed E-state index contributed by atoms with van der Waals surface area (Å²) in [4.78, 5) is 0. The van der Waals surface area contributed by atoms with Gasteiger partial charge in [-0.25, -0.2) is 0 Å². The number of hydrogen-bond donors (Lipinski definition) is 0. The lowest BCUT2D eigenvalue weighted by Crippen LogP contribution is -2.14. The summed E-state index contributed by atoms with van der Waals surface area (Å²) >= 11 is 0. The number of hydrogen-bond acceptors (Lipinski definition) is 0. The Hall–Kier alpha value is -0.990. The van der Waals surface area contributed by atoms with E-state index in [-0.39, 0.29) is 5.92 Å². The van der Waals surface area contributed by atoms with E-state index in [2.05, 4.69) is 0 Å². The zero-order chi connectivity index (χ0) is 13.2. The van der Waals surface area contributed by atoms with Gasteiger partial charge in [-0.15, -0.1) is 0 Å². The van der Waals surface area contributed by atoms with Crippen molar-refractivity contribution >= 4 is 0 Å². The maximum Gasteiger partial charge on any atom is 0.393 e. The van der Waals surface area contributed by atoms with Gasteiger partial charge < -0.3 is 0 Å². The maximum atomic E-state index is 12.4. The fourth-order valence-electron chi connectivity index (χ4n) is 1.89. The van der Waals surface area contributed by atoms with Gasteiger partial charge >= 0.3 is 6.18 Å². The SMILES string of the molecule is CC(C)c1ccc(CC(F)(F)F)c(C(C)C)c1. The molecule has 0 unspecified atom stereocenters. The Balaban J connectivity index is 3.13. The van der Waals surface area contributed by atoms with Crippen LogP contribution in [0.15, 0.2) is 18.2 Å². The molecule has 0 aromatic heterocycles. The second-order valence-electron chi connectivity index (χ2n) is 5.06. The lowest BCUT2D eigenvalue weighted by molar-refractivity contribution is -0.127. The summed E-state index contributed by atoms with van der Waals surface area (Å²) in [5.74, 6) is 0.457. The van der Waals surface area contributed by atoms with Gasteiger partial charge in [0.2, 0.25) is 0 Å². The van der Waals surface area contributed by atoms with Crippen molar-refractivity contribution in [1.29, 1.82) is 0 Å². The second kappa shape index (κ2) is 5.11. The molecule has 1 aromatic rings. The lowest BCUT2D eigenvalue weighted by atomic mass is 9.90. The van der Waals surface area contributed by atoms with Crippen LogP contribution in [-0.4, -0.2) is 6.18 Å². The normalized spacial score (nSPS) is 12.5. The minimum atomic E-state index is -4.14. The average Bonchev–Trinajstić information content (AvgIpc) is 2.14. The lowest BCUT2D eigenvalue weighted by Gasteiger charge is -2.17.